The maximum absolute atomic E-state index is 12.9. The Morgan fingerprint density at radius 1 is 0.741 bits per heavy atom. The second kappa shape index (κ2) is 7.52. The van der Waals surface area contributed by atoms with Crippen molar-refractivity contribution in [3.05, 3.63) is 54.1 Å². The van der Waals surface area contributed by atoms with Gasteiger partial charge in [0.2, 0.25) is 10.0 Å². The quantitative estimate of drug-likeness (QED) is 0.811. The molecule has 0 saturated carbocycles. The lowest BCUT2D eigenvalue weighted by Gasteiger charge is -2.35. The highest BCUT2D eigenvalue weighted by Gasteiger charge is 2.28. The third-order valence-electron chi connectivity index (χ3n) is 5.55. The monoisotopic (exact) mass is 385 g/mol. The molecule has 0 amide bonds. The molecular formula is C21H27N3O2S. The molecule has 6 heteroatoms. The summed E-state index contributed by atoms with van der Waals surface area (Å²) in [7, 11) is -3.41. The molecule has 0 aliphatic carbocycles. The van der Waals surface area contributed by atoms with Gasteiger partial charge in [-0.05, 0) is 61.7 Å². The summed E-state index contributed by atoms with van der Waals surface area (Å²) in [4.78, 5) is 5.09. The number of rotatable bonds is 4. The van der Waals surface area contributed by atoms with E-state index in [1.807, 2.05) is 13.0 Å². The normalized spacial score (nSPS) is 18.9. The van der Waals surface area contributed by atoms with E-state index in [9.17, 15) is 8.42 Å². The zero-order chi connectivity index (χ0) is 18.9. The molecular weight excluding hydrogens is 358 g/mol. The van der Waals surface area contributed by atoms with E-state index in [1.165, 1.54) is 24.2 Å². The van der Waals surface area contributed by atoms with Gasteiger partial charge in [-0.3, -0.25) is 0 Å². The van der Waals surface area contributed by atoms with Crippen LogP contribution in [0.15, 0.2) is 53.4 Å². The molecule has 0 N–H and O–H groups in total. The average Bonchev–Trinajstić information content (AvgIpc) is 3.23. The Balaban J connectivity index is 1.41. The van der Waals surface area contributed by atoms with Gasteiger partial charge in [0.05, 0.1) is 4.90 Å². The van der Waals surface area contributed by atoms with E-state index in [-0.39, 0.29) is 0 Å². The van der Waals surface area contributed by atoms with Crippen LogP contribution in [0.5, 0.6) is 0 Å². The highest BCUT2D eigenvalue weighted by molar-refractivity contribution is 7.89. The lowest BCUT2D eigenvalue weighted by molar-refractivity contribution is 0.385. The Hall–Kier alpha value is -2.05. The van der Waals surface area contributed by atoms with Crippen LogP contribution in [0.2, 0.25) is 0 Å². The predicted molar refractivity (Wildman–Crippen MR) is 110 cm³/mol. The molecule has 2 heterocycles. The Bertz CT molecular complexity index is 882. The molecule has 144 valence electrons. The number of hydrogen-bond donors (Lipinski definition) is 0. The highest BCUT2D eigenvalue weighted by Crippen LogP contribution is 2.26. The van der Waals surface area contributed by atoms with Crippen molar-refractivity contribution in [1.29, 1.82) is 0 Å². The lowest BCUT2D eigenvalue weighted by Crippen LogP contribution is -2.48. The summed E-state index contributed by atoms with van der Waals surface area (Å²) in [5, 5.41) is 0. The van der Waals surface area contributed by atoms with Crippen molar-refractivity contribution in [1.82, 2.24) is 4.31 Å². The SMILES string of the molecule is Cc1cccc(S(=O)(=O)N2CCN(c3ccc(N4CCCC4)cc3)CC2)c1. The summed E-state index contributed by atoms with van der Waals surface area (Å²) >= 11 is 0. The molecule has 0 unspecified atom stereocenters. The molecule has 0 atom stereocenters. The van der Waals surface area contributed by atoms with E-state index in [0.29, 0.717) is 31.1 Å². The maximum atomic E-state index is 12.9. The van der Waals surface area contributed by atoms with E-state index >= 15 is 0 Å². The Labute approximate surface area is 162 Å². The topological polar surface area (TPSA) is 43.9 Å². The fourth-order valence-corrected chi connectivity index (χ4v) is 5.49. The fourth-order valence-electron chi connectivity index (χ4n) is 3.96. The van der Waals surface area contributed by atoms with E-state index in [0.717, 1.165) is 18.7 Å². The zero-order valence-corrected chi connectivity index (χ0v) is 16.7. The van der Waals surface area contributed by atoms with Crippen LogP contribution in [0.25, 0.3) is 0 Å². The average molecular weight is 386 g/mol. The molecule has 2 aliphatic heterocycles. The second-order valence-corrected chi connectivity index (χ2v) is 9.36. The lowest BCUT2D eigenvalue weighted by atomic mass is 10.2. The van der Waals surface area contributed by atoms with Crippen LogP contribution in [0.4, 0.5) is 11.4 Å². The summed E-state index contributed by atoms with van der Waals surface area (Å²) in [6.07, 6.45) is 2.55. The first-order valence-corrected chi connectivity index (χ1v) is 11.1. The van der Waals surface area contributed by atoms with Crippen molar-refractivity contribution in [3.8, 4) is 0 Å². The Kier molecular flexibility index (Phi) is 5.10. The van der Waals surface area contributed by atoms with Gasteiger partial charge < -0.3 is 9.80 Å². The highest BCUT2D eigenvalue weighted by atomic mass is 32.2. The van der Waals surface area contributed by atoms with Gasteiger partial charge in [0.1, 0.15) is 0 Å². The molecule has 5 nitrogen and oxygen atoms in total. The molecule has 2 saturated heterocycles. The summed E-state index contributed by atoms with van der Waals surface area (Å²) in [6.45, 7) is 6.68. The van der Waals surface area contributed by atoms with E-state index < -0.39 is 10.0 Å². The molecule has 0 bridgehead atoms. The van der Waals surface area contributed by atoms with Gasteiger partial charge in [-0.25, -0.2) is 8.42 Å². The zero-order valence-electron chi connectivity index (χ0n) is 15.8. The van der Waals surface area contributed by atoms with E-state index in [1.54, 1.807) is 22.5 Å². The van der Waals surface area contributed by atoms with Crippen LogP contribution in [0.1, 0.15) is 18.4 Å². The molecule has 2 aromatic carbocycles. The first-order chi connectivity index (χ1) is 13.0. The number of aryl methyl sites for hydroxylation is 1. The minimum Gasteiger partial charge on any atom is -0.372 e. The van der Waals surface area contributed by atoms with Crippen molar-refractivity contribution < 1.29 is 8.42 Å². The third kappa shape index (κ3) is 3.82. The van der Waals surface area contributed by atoms with Crippen molar-refractivity contribution in [3.63, 3.8) is 0 Å². The number of nitrogens with zero attached hydrogens (tertiary/aromatic N) is 3. The van der Waals surface area contributed by atoms with Crippen LogP contribution in [0, 0.1) is 6.92 Å². The van der Waals surface area contributed by atoms with Crippen LogP contribution in [-0.2, 0) is 10.0 Å². The summed E-state index contributed by atoms with van der Waals surface area (Å²) in [6, 6.07) is 15.9. The summed E-state index contributed by atoms with van der Waals surface area (Å²) in [5.74, 6) is 0. The van der Waals surface area contributed by atoms with Gasteiger partial charge in [-0.1, -0.05) is 12.1 Å². The van der Waals surface area contributed by atoms with Gasteiger partial charge in [0.25, 0.3) is 0 Å². The minimum atomic E-state index is -3.41. The van der Waals surface area contributed by atoms with Crippen LogP contribution in [0.3, 0.4) is 0 Å². The molecule has 2 fully saturated rings. The van der Waals surface area contributed by atoms with Crippen LogP contribution < -0.4 is 9.80 Å². The van der Waals surface area contributed by atoms with Crippen molar-refractivity contribution >= 4 is 21.4 Å². The summed E-state index contributed by atoms with van der Waals surface area (Å²) < 4.78 is 27.4. The van der Waals surface area contributed by atoms with Crippen molar-refractivity contribution in [2.45, 2.75) is 24.7 Å². The number of hydrogen-bond acceptors (Lipinski definition) is 4. The van der Waals surface area contributed by atoms with Crippen molar-refractivity contribution in [2.75, 3.05) is 49.1 Å². The van der Waals surface area contributed by atoms with Crippen LogP contribution >= 0.6 is 0 Å². The van der Waals surface area contributed by atoms with Gasteiger partial charge in [-0.2, -0.15) is 4.31 Å². The smallest absolute Gasteiger partial charge is 0.243 e. The first-order valence-electron chi connectivity index (χ1n) is 9.71. The molecule has 2 aliphatic rings. The van der Waals surface area contributed by atoms with Gasteiger partial charge in [0, 0.05) is 50.6 Å². The Morgan fingerprint density at radius 3 is 1.85 bits per heavy atom. The summed E-state index contributed by atoms with van der Waals surface area (Å²) in [5.41, 5.74) is 3.43. The van der Waals surface area contributed by atoms with E-state index in [2.05, 4.69) is 34.1 Å². The van der Waals surface area contributed by atoms with Gasteiger partial charge in [-0.15, -0.1) is 0 Å². The number of sulfonamides is 1. The standard InChI is InChI=1S/C21H27N3O2S/c1-18-5-4-6-21(17-18)27(25,26)24-15-13-23(14-16-24)20-9-7-19(8-10-20)22-11-2-3-12-22/h4-10,17H,2-3,11-16H2,1H3. The van der Waals surface area contributed by atoms with Gasteiger partial charge >= 0.3 is 0 Å². The fraction of sp³-hybridized carbons (Fsp3) is 0.429. The number of benzene rings is 2. The number of piperazine rings is 1. The maximum Gasteiger partial charge on any atom is 0.243 e. The van der Waals surface area contributed by atoms with E-state index in [4.69, 9.17) is 0 Å². The molecule has 0 radical (unpaired) electrons. The molecule has 27 heavy (non-hydrogen) atoms. The largest absolute Gasteiger partial charge is 0.372 e. The van der Waals surface area contributed by atoms with Crippen molar-refractivity contribution in [2.24, 2.45) is 0 Å². The predicted octanol–water partition coefficient (Wildman–Crippen LogP) is 3.11. The molecule has 4 rings (SSSR count). The molecule has 2 aromatic rings. The first kappa shape index (κ1) is 18.3. The second-order valence-electron chi connectivity index (χ2n) is 7.42. The molecule has 0 spiro atoms. The molecule has 0 aromatic heterocycles. The minimum absolute atomic E-state index is 0.394. The van der Waals surface area contributed by atoms with Gasteiger partial charge in [0.15, 0.2) is 0 Å². The van der Waals surface area contributed by atoms with Crippen LogP contribution in [-0.4, -0.2) is 52.0 Å². The Morgan fingerprint density at radius 2 is 1.30 bits per heavy atom. The number of anilines is 2. The third-order valence-corrected chi connectivity index (χ3v) is 7.45.